The number of benzene rings is 1. The van der Waals surface area contributed by atoms with Gasteiger partial charge in [0.15, 0.2) is 0 Å². The van der Waals surface area contributed by atoms with Gasteiger partial charge in [0, 0.05) is 19.2 Å². The highest BCUT2D eigenvalue weighted by molar-refractivity contribution is 5.87. The fourth-order valence-corrected chi connectivity index (χ4v) is 2.52. The number of nitrogens with zero attached hydrogens (tertiary/aromatic N) is 7. The molecular weight excluding hydrogens is 404 g/mol. The predicted octanol–water partition coefficient (Wildman–Crippen LogP) is 0.685. The van der Waals surface area contributed by atoms with Gasteiger partial charge in [-0.15, -0.1) is 0 Å². The third-order valence-corrected chi connectivity index (χ3v) is 3.96. The first kappa shape index (κ1) is 20.6. The highest BCUT2D eigenvalue weighted by atomic mass is 16.6. The Balaban J connectivity index is 1.86. The van der Waals surface area contributed by atoms with Crippen molar-refractivity contribution in [3.05, 3.63) is 37.9 Å². The van der Waals surface area contributed by atoms with Crippen LogP contribution in [-0.4, -0.2) is 69.5 Å². The monoisotopic (exact) mass is 420 g/mol. The van der Waals surface area contributed by atoms with Crippen LogP contribution in [0.3, 0.4) is 0 Å². The summed E-state index contributed by atoms with van der Waals surface area (Å²) < 4.78 is 10.3. The second-order valence-electron chi connectivity index (χ2n) is 5.83. The van der Waals surface area contributed by atoms with Gasteiger partial charge in [0.05, 0.1) is 48.0 Å². The number of rotatable bonds is 7. The van der Waals surface area contributed by atoms with Crippen LogP contribution in [0.5, 0.6) is 11.8 Å². The highest BCUT2D eigenvalue weighted by Gasteiger charge is 2.23. The van der Waals surface area contributed by atoms with Crippen LogP contribution >= 0.6 is 0 Å². The van der Waals surface area contributed by atoms with E-state index in [1.807, 2.05) is 4.90 Å². The predicted molar refractivity (Wildman–Crippen MR) is 102 cm³/mol. The lowest BCUT2D eigenvalue weighted by molar-refractivity contribution is -0.394. The first-order valence-corrected chi connectivity index (χ1v) is 8.46. The zero-order chi connectivity index (χ0) is 21.7. The SMILES string of the molecule is COc1nc(N/N=C/c2cc([N+](=O)[O-])cc([N+](=O)[O-])c2O)nc(N2CCOCC2)n1. The summed E-state index contributed by atoms with van der Waals surface area (Å²) in [4.78, 5) is 34.5. The molecule has 0 atom stereocenters. The molecule has 15 nitrogen and oxygen atoms in total. The largest absolute Gasteiger partial charge is 0.502 e. The lowest BCUT2D eigenvalue weighted by Gasteiger charge is -2.26. The van der Waals surface area contributed by atoms with Crippen LogP contribution < -0.4 is 15.1 Å². The summed E-state index contributed by atoms with van der Waals surface area (Å²) >= 11 is 0. The average molecular weight is 420 g/mol. The number of nitro groups is 2. The smallest absolute Gasteiger partial charge is 0.322 e. The van der Waals surface area contributed by atoms with Crippen LogP contribution in [-0.2, 0) is 4.74 Å². The van der Waals surface area contributed by atoms with Gasteiger partial charge in [0.2, 0.25) is 11.7 Å². The third kappa shape index (κ3) is 4.64. The fourth-order valence-electron chi connectivity index (χ4n) is 2.52. The quantitative estimate of drug-likeness (QED) is 0.362. The molecule has 3 rings (SSSR count). The van der Waals surface area contributed by atoms with Crippen LogP contribution in [0, 0.1) is 20.2 Å². The van der Waals surface area contributed by atoms with Gasteiger partial charge >= 0.3 is 11.7 Å². The maximum atomic E-state index is 11.0. The topological polar surface area (TPSA) is 191 Å². The lowest BCUT2D eigenvalue weighted by atomic mass is 10.1. The minimum Gasteiger partial charge on any atom is -0.502 e. The molecule has 158 valence electrons. The van der Waals surface area contributed by atoms with Crippen molar-refractivity contribution in [3.63, 3.8) is 0 Å². The molecule has 2 heterocycles. The van der Waals surface area contributed by atoms with Crippen molar-refractivity contribution in [2.24, 2.45) is 5.10 Å². The number of aromatic nitrogens is 3. The molecule has 1 aromatic carbocycles. The standard InChI is InChI=1S/C15H16N8O7/c1-29-15-18-13(17-14(19-15)21-2-4-30-5-3-21)20-16-8-9-6-10(22(25)26)7-11(12(9)24)23(27)28/h6-8,24H,2-5H2,1H3,(H,17,18,19,20)/b16-8+. The number of aromatic hydroxyl groups is 1. The lowest BCUT2D eigenvalue weighted by Crippen LogP contribution is -2.37. The molecule has 2 aromatic rings. The molecular formula is C15H16N8O7. The van der Waals surface area contributed by atoms with E-state index in [4.69, 9.17) is 9.47 Å². The number of morpholine rings is 1. The molecule has 0 aliphatic carbocycles. The third-order valence-electron chi connectivity index (χ3n) is 3.96. The number of anilines is 2. The van der Waals surface area contributed by atoms with E-state index in [0.717, 1.165) is 12.3 Å². The number of non-ortho nitro benzene ring substituents is 1. The van der Waals surface area contributed by atoms with Crippen molar-refractivity contribution in [1.29, 1.82) is 0 Å². The molecule has 1 fully saturated rings. The van der Waals surface area contributed by atoms with Crippen LogP contribution in [0.2, 0.25) is 0 Å². The molecule has 0 saturated carbocycles. The van der Waals surface area contributed by atoms with Crippen molar-refractivity contribution in [2.45, 2.75) is 0 Å². The summed E-state index contributed by atoms with van der Waals surface area (Å²) in [6.07, 6.45) is 0.972. The van der Waals surface area contributed by atoms with E-state index < -0.39 is 27.0 Å². The molecule has 1 aliphatic rings. The van der Waals surface area contributed by atoms with Crippen LogP contribution in [0.25, 0.3) is 0 Å². The first-order chi connectivity index (χ1) is 14.4. The molecule has 30 heavy (non-hydrogen) atoms. The van der Waals surface area contributed by atoms with E-state index in [1.165, 1.54) is 7.11 Å². The van der Waals surface area contributed by atoms with E-state index in [-0.39, 0.29) is 17.5 Å². The van der Waals surface area contributed by atoms with E-state index in [0.29, 0.717) is 38.3 Å². The number of phenolic OH excluding ortho intramolecular Hbond substituents is 1. The van der Waals surface area contributed by atoms with Crippen molar-refractivity contribution >= 4 is 29.5 Å². The zero-order valence-electron chi connectivity index (χ0n) is 15.6. The first-order valence-electron chi connectivity index (χ1n) is 8.46. The minimum atomic E-state index is -0.932. The number of hydrogen-bond donors (Lipinski definition) is 2. The number of nitrogens with one attached hydrogen (secondary N) is 1. The van der Waals surface area contributed by atoms with Crippen LogP contribution in [0.15, 0.2) is 17.2 Å². The Morgan fingerprint density at radius 1 is 1.23 bits per heavy atom. The number of hydrazone groups is 1. The van der Waals surface area contributed by atoms with Gasteiger partial charge < -0.3 is 19.5 Å². The molecule has 0 unspecified atom stereocenters. The summed E-state index contributed by atoms with van der Waals surface area (Å²) in [5, 5.41) is 35.8. The number of hydrogen-bond acceptors (Lipinski definition) is 13. The van der Waals surface area contributed by atoms with Gasteiger partial charge in [0.25, 0.3) is 11.6 Å². The molecule has 0 bridgehead atoms. The molecule has 0 radical (unpaired) electrons. The number of ether oxygens (including phenoxy) is 2. The van der Waals surface area contributed by atoms with Gasteiger partial charge in [-0.2, -0.15) is 20.1 Å². The molecule has 2 N–H and O–H groups in total. The maximum Gasteiger partial charge on any atom is 0.322 e. The Morgan fingerprint density at radius 2 is 1.97 bits per heavy atom. The highest BCUT2D eigenvalue weighted by Crippen LogP contribution is 2.33. The average Bonchev–Trinajstić information content (AvgIpc) is 2.74. The van der Waals surface area contributed by atoms with Gasteiger partial charge in [-0.3, -0.25) is 20.2 Å². The molecule has 15 heteroatoms. The normalized spacial score (nSPS) is 14.0. The number of methoxy groups -OCH3 is 1. The molecule has 1 aliphatic heterocycles. The molecule has 1 aromatic heterocycles. The summed E-state index contributed by atoms with van der Waals surface area (Å²) in [5.74, 6) is -0.436. The summed E-state index contributed by atoms with van der Waals surface area (Å²) in [7, 11) is 1.38. The molecule has 1 saturated heterocycles. The second-order valence-corrected chi connectivity index (χ2v) is 5.83. The Labute approximate surface area is 168 Å². The van der Waals surface area contributed by atoms with E-state index >= 15 is 0 Å². The Bertz CT molecular complexity index is 993. The molecule has 0 amide bonds. The van der Waals surface area contributed by atoms with Crippen molar-refractivity contribution in [1.82, 2.24) is 15.0 Å². The van der Waals surface area contributed by atoms with Crippen LogP contribution in [0.4, 0.5) is 23.3 Å². The Morgan fingerprint density at radius 3 is 2.60 bits per heavy atom. The molecule has 0 spiro atoms. The second kappa shape index (κ2) is 8.91. The van der Waals surface area contributed by atoms with E-state index in [1.54, 1.807) is 0 Å². The van der Waals surface area contributed by atoms with Crippen molar-refractivity contribution in [2.75, 3.05) is 43.7 Å². The minimum absolute atomic E-state index is 0.000915. The van der Waals surface area contributed by atoms with Gasteiger partial charge in [-0.05, 0) is 0 Å². The van der Waals surface area contributed by atoms with Gasteiger partial charge in [-0.1, -0.05) is 0 Å². The van der Waals surface area contributed by atoms with Gasteiger partial charge in [0.1, 0.15) is 0 Å². The van der Waals surface area contributed by atoms with Crippen LogP contribution in [0.1, 0.15) is 5.56 Å². The Kier molecular flexibility index (Phi) is 6.11. The zero-order valence-corrected chi connectivity index (χ0v) is 15.6. The van der Waals surface area contributed by atoms with Crippen molar-refractivity contribution in [3.8, 4) is 11.8 Å². The number of nitro benzene ring substituents is 2. The van der Waals surface area contributed by atoms with E-state index in [2.05, 4.69) is 25.5 Å². The van der Waals surface area contributed by atoms with E-state index in [9.17, 15) is 25.3 Å². The summed E-state index contributed by atoms with van der Waals surface area (Å²) in [6.45, 7) is 2.17. The van der Waals surface area contributed by atoms with Gasteiger partial charge in [-0.25, -0.2) is 5.43 Å². The Hall–Kier alpha value is -4.14. The number of phenols is 1. The maximum absolute atomic E-state index is 11.0. The fraction of sp³-hybridized carbons (Fsp3) is 0.333. The summed E-state index contributed by atoms with van der Waals surface area (Å²) in [6, 6.07) is 1.63. The van der Waals surface area contributed by atoms with Crippen molar-refractivity contribution < 1.29 is 24.4 Å². The summed E-state index contributed by atoms with van der Waals surface area (Å²) in [5.41, 5.74) is 0.863.